The van der Waals surface area contributed by atoms with Crippen LogP contribution in [0.4, 0.5) is 0 Å². The van der Waals surface area contributed by atoms with E-state index in [-0.39, 0.29) is 22.0 Å². The predicted molar refractivity (Wildman–Crippen MR) is 115 cm³/mol. The second kappa shape index (κ2) is 7.51. The zero-order valence-corrected chi connectivity index (χ0v) is 20.0. The molecule has 0 N–H and O–H groups in total. The average molecular weight is 393 g/mol. The van der Waals surface area contributed by atoms with Gasteiger partial charge < -0.3 is 9.16 Å². The van der Waals surface area contributed by atoms with E-state index in [4.69, 9.17) is 9.16 Å². The highest BCUT2D eigenvalue weighted by Crippen LogP contribution is 2.58. The van der Waals surface area contributed by atoms with E-state index in [1.807, 2.05) is 6.92 Å². The molecule has 2 aliphatic rings. The molecule has 0 aliphatic heterocycles. The number of allylic oxidation sites excluding steroid dienone is 1. The van der Waals surface area contributed by atoms with E-state index in [0.717, 1.165) is 24.8 Å². The molecule has 0 heterocycles. The van der Waals surface area contributed by atoms with Crippen LogP contribution >= 0.6 is 0 Å². The summed E-state index contributed by atoms with van der Waals surface area (Å²) in [5.41, 5.74) is 4.08. The van der Waals surface area contributed by atoms with Crippen LogP contribution in [0.2, 0.25) is 18.1 Å². The Balaban J connectivity index is 2.42. The molecule has 0 aromatic rings. The van der Waals surface area contributed by atoms with Gasteiger partial charge in [-0.1, -0.05) is 45.8 Å². The first-order valence-electron chi connectivity index (χ1n) is 10.5. The van der Waals surface area contributed by atoms with Gasteiger partial charge in [-0.15, -0.1) is 0 Å². The number of hydrogen-bond acceptors (Lipinski definition) is 3. The summed E-state index contributed by atoms with van der Waals surface area (Å²) in [6.45, 7) is 20.9. The van der Waals surface area contributed by atoms with Gasteiger partial charge in [0.25, 0.3) is 0 Å². The van der Waals surface area contributed by atoms with Gasteiger partial charge in [-0.3, -0.25) is 0 Å². The highest BCUT2D eigenvalue weighted by molar-refractivity contribution is 6.74. The first-order chi connectivity index (χ1) is 12.2. The van der Waals surface area contributed by atoms with Gasteiger partial charge in [-0.2, -0.15) is 0 Å². The van der Waals surface area contributed by atoms with Crippen LogP contribution in [0.15, 0.2) is 22.8 Å². The van der Waals surface area contributed by atoms with Crippen molar-refractivity contribution in [3.05, 3.63) is 22.8 Å². The van der Waals surface area contributed by atoms with Gasteiger partial charge in [-0.25, -0.2) is 4.79 Å². The molecule has 0 radical (unpaired) electrons. The minimum absolute atomic E-state index is 0.153. The van der Waals surface area contributed by atoms with Crippen molar-refractivity contribution >= 4 is 14.3 Å². The smallest absolute Gasteiger partial charge is 0.330 e. The van der Waals surface area contributed by atoms with Crippen molar-refractivity contribution < 1.29 is 14.0 Å². The van der Waals surface area contributed by atoms with Crippen LogP contribution in [-0.2, 0) is 14.0 Å². The summed E-state index contributed by atoms with van der Waals surface area (Å²) in [7, 11) is -1.95. The molecule has 0 atom stereocenters. The largest absolute Gasteiger partial charge is 0.463 e. The Morgan fingerprint density at radius 3 is 2.30 bits per heavy atom. The number of hydrogen-bond donors (Lipinski definition) is 0. The first-order valence-corrected chi connectivity index (χ1v) is 13.4. The summed E-state index contributed by atoms with van der Waals surface area (Å²) >= 11 is 0. The first kappa shape index (κ1) is 22.4. The van der Waals surface area contributed by atoms with Gasteiger partial charge in [0, 0.05) is 18.9 Å². The second-order valence-corrected chi connectivity index (χ2v) is 15.4. The summed E-state index contributed by atoms with van der Waals surface area (Å²) < 4.78 is 12.3. The molecule has 0 saturated heterocycles. The van der Waals surface area contributed by atoms with Crippen LogP contribution in [-0.4, -0.2) is 26.5 Å². The van der Waals surface area contributed by atoms with Crippen LogP contribution < -0.4 is 0 Å². The maximum Gasteiger partial charge on any atom is 0.330 e. The second-order valence-electron chi connectivity index (χ2n) is 10.7. The Morgan fingerprint density at radius 2 is 1.81 bits per heavy atom. The van der Waals surface area contributed by atoms with Gasteiger partial charge >= 0.3 is 5.97 Å². The van der Waals surface area contributed by atoms with Crippen molar-refractivity contribution in [1.29, 1.82) is 0 Å². The number of carbonyl (C=O) groups is 1. The van der Waals surface area contributed by atoms with Crippen molar-refractivity contribution in [2.24, 2.45) is 5.41 Å². The fraction of sp³-hybridized carbons (Fsp3) is 0.783. The summed E-state index contributed by atoms with van der Waals surface area (Å²) in [5, 5.41) is 0.161. The molecule has 0 aromatic carbocycles. The van der Waals surface area contributed by atoms with E-state index in [2.05, 4.69) is 54.6 Å². The average Bonchev–Trinajstić information content (AvgIpc) is 2.42. The van der Waals surface area contributed by atoms with Crippen molar-refractivity contribution in [3.8, 4) is 0 Å². The van der Waals surface area contributed by atoms with Gasteiger partial charge in [0.2, 0.25) is 0 Å². The van der Waals surface area contributed by atoms with E-state index in [0.29, 0.717) is 6.61 Å². The highest BCUT2D eigenvalue weighted by atomic mass is 28.4. The SMILES string of the molecule is CCOC(=O)C=C1CC(O[Si](C)(C)C(C)(C)C)(C2=C(C)CCCC2(C)C)C1. The minimum Gasteiger partial charge on any atom is -0.463 e. The van der Waals surface area contributed by atoms with Crippen LogP contribution in [0.5, 0.6) is 0 Å². The lowest BCUT2D eigenvalue weighted by Gasteiger charge is -2.57. The van der Waals surface area contributed by atoms with Crippen molar-refractivity contribution in [2.45, 2.75) is 104 Å². The third kappa shape index (κ3) is 4.59. The molecule has 1 fully saturated rings. The van der Waals surface area contributed by atoms with Crippen molar-refractivity contribution in [1.82, 2.24) is 0 Å². The number of esters is 1. The maximum atomic E-state index is 11.9. The molecule has 2 aliphatic carbocycles. The molecule has 2 rings (SSSR count). The van der Waals surface area contributed by atoms with E-state index < -0.39 is 8.32 Å². The molecular formula is C23H40O3Si. The highest BCUT2D eigenvalue weighted by Gasteiger charge is 2.55. The molecule has 154 valence electrons. The molecule has 4 heteroatoms. The van der Waals surface area contributed by atoms with Crippen LogP contribution in [0.25, 0.3) is 0 Å². The molecule has 0 aromatic heterocycles. The van der Waals surface area contributed by atoms with E-state index in [9.17, 15) is 4.79 Å². The zero-order valence-electron chi connectivity index (χ0n) is 19.0. The third-order valence-corrected chi connectivity index (χ3v) is 11.3. The van der Waals surface area contributed by atoms with Gasteiger partial charge in [0.1, 0.15) is 0 Å². The normalized spacial score (nSPS) is 25.9. The summed E-state index contributed by atoms with van der Waals surface area (Å²) in [5.74, 6) is -0.220. The molecule has 1 saturated carbocycles. The van der Waals surface area contributed by atoms with Crippen molar-refractivity contribution in [2.75, 3.05) is 6.61 Å². The van der Waals surface area contributed by atoms with Crippen LogP contribution in [0, 0.1) is 5.41 Å². The summed E-state index contributed by atoms with van der Waals surface area (Å²) in [4.78, 5) is 11.9. The van der Waals surface area contributed by atoms with Crippen LogP contribution in [0.1, 0.15) is 80.6 Å². The lowest BCUT2D eigenvalue weighted by molar-refractivity contribution is -0.137. The molecule has 0 amide bonds. The van der Waals surface area contributed by atoms with Gasteiger partial charge in [0.15, 0.2) is 8.32 Å². The maximum absolute atomic E-state index is 11.9. The number of ether oxygens (including phenoxy) is 1. The molecular weight excluding hydrogens is 352 g/mol. The summed E-state index contributed by atoms with van der Waals surface area (Å²) in [6.07, 6.45) is 6.98. The fourth-order valence-corrected chi connectivity index (χ4v) is 6.23. The molecule has 0 bridgehead atoms. The Kier molecular flexibility index (Phi) is 6.24. The Morgan fingerprint density at radius 1 is 1.22 bits per heavy atom. The van der Waals surface area contributed by atoms with E-state index in [1.54, 1.807) is 6.08 Å². The number of carbonyl (C=O) groups excluding carboxylic acids is 1. The topological polar surface area (TPSA) is 35.5 Å². The fourth-order valence-electron chi connectivity index (χ4n) is 4.70. The summed E-state index contributed by atoms with van der Waals surface area (Å²) in [6, 6.07) is 0. The molecule has 0 unspecified atom stereocenters. The Labute approximate surface area is 167 Å². The quantitative estimate of drug-likeness (QED) is 0.230. The monoisotopic (exact) mass is 392 g/mol. The lowest BCUT2D eigenvalue weighted by atomic mass is 9.59. The Hall–Kier alpha value is -0.873. The standard InChI is InChI=1S/C23H40O3Si/c1-10-25-19(24)14-18-15-23(16-18,26-27(8,9)21(3,4)5)20-17(2)12-11-13-22(20,6)7/h14H,10-13,15-16H2,1-9H3. The molecule has 27 heavy (non-hydrogen) atoms. The van der Waals surface area contributed by atoms with E-state index in [1.165, 1.54) is 24.0 Å². The number of rotatable bonds is 5. The zero-order chi connectivity index (χ0) is 20.7. The van der Waals surface area contributed by atoms with E-state index >= 15 is 0 Å². The van der Waals surface area contributed by atoms with Crippen molar-refractivity contribution in [3.63, 3.8) is 0 Å². The van der Waals surface area contributed by atoms with Gasteiger partial charge in [-0.05, 0) is 62.2 Å². The molecule has 3 nitrogen and oxygen atoms in total. The minimum atomic E-state index is -1.95. The Bertz CT molecular complexity index is 639. The lowest BCUT2D eigenvalue weighted by Crippen LogP contribution is -2.57. The van der Waals surface area contributed by atoms with Crippen LogP contribution in [0.3, 0.4) is 0 Å². The molecule has 0 spiro atoms. The third-order valence-electron chi connectivity index (χ3n) is 6.80. The predicted octanol–water partition coefficient (Wildman–Crippen LogP) is 6.56. The van der Waals surface area contributed by atoms with Gasteiger partial charge in [0.05, 0.1) is 12.2 Å².